The zero-order valence-electron chi connectivity index (χ0n) is 11.9. The number of nitrogens with one attached hydrogen (secondary N) is 1. The van der Waals surface area contributed by atoms with E-state index in [0.29, 0.717) is 28.7 Å². The lowest BCUT2D eigenvalue weighted by molar-refractivity contribution is -0.114. The summed E-state index contributed by atoms with van der Waals surface area (Å²) in [5.41, 5.74) is 1.33. The first-order valence-corrected chi connectivity index (χ1v) is 6.70. The van der Waals surface area contributed by atoms with Gasteiger partial charge in [0.15, 0.2) is 5.76 Å². The predicted molar refractivity (Wildman–Crippen MR) is 79.3 cm³/mol. The molecule has 1 N–H and O–H groups in total. The molecule has 1 amide bonds. The minimum Gasteiger partial charge on any atom is -0.487 e. The van der Waals surface area contributed by atoms with E-state index >= 15 is 0 Å². The van der Waals surface area contributed by atoms with E-state index in [9.17, 15) is 4.79 Å². The highest BCUT2D eigenvalue weighted by atomic mass is 16.5. The van der Waals surface area contributed by atoms with E-state index < -0.39 is 0 Å². The maximum atomic E-state index is 11.0. The van der Waals surface area contributed by atoms with Crippen LogP contribution in [-0.4, -0.2) is 11.1 Å². The van der Waals surface area contributed by atoms with E-state index in [1.54, 1.807) is 48.7 Å². The number of anilines is 1. The predicted octanol–water partition coefficient (Wildman–Crippen LogP) is 3.47. The summed E-state index contributed by atoms with van der Waals surface area (Å²) in [6, 6.07) is 12.5. The number of rotatable bonds is 5. The molecule has 6 heteroatoms. The molecule has 0 unspecified atom stereocenters. The summed E-state index contributed by atoms with van der Waals surface area (Å²) in [6.45, 7) is 1.72. The molecule has 0 aliphatic carbocycles. The van der Waals surface area contributed by atoms with Crippen LogP contribution in [0, 0.1) is 0 Å². The average molecular weight is 298 g/mol. The standard InChI is InChI=1S/C16H14N2O4/c1-11(19)17-12-4-2-5-14(8-12)21-10-13-9-16(22-18-13)15-6-3-7-20-15/h2-9H,10H2,1H3,(H,17,19). The van der Waals surface area contributed by atoms with Crippen LogP contribution in [0.1, 0.15) is 12.6 Å². The number of carbonyl (C=O) groups excluding carboxylic acids is 1. The molecule has 0 aliphatic heterocycles. The van der Waals surface area contributed by atoms with Gasteiger partial charge >= 0.3 is 0 Å². The Kier molecular flexibility index (Phi) is 3.91. The molecule has 0 spiro atoms. The second kappa shape index (κ2) is 6.17. The quantitative estimate of drug-likeness (QED) is 0.780. The minimum absolute atomic E-state index is 0.128. The Morgan fingerprint density at radius 1 is 1.23 bits per heavy atom. The lowest BCUT2D eigenvalue weighted by atomic mass is 10.3. The third-order valence-electron chi connectivity index (χ3n) is 2.86. The number of nitrogens with zero attached hydrogens (tertiary/aromatic N) is 1. The molecular weight excluding hydrogens is 284 g/mol. The van der Waals surface area contributed by atoms with Gasteiger partial charge in [-0.05, 0) is 24.3 Å². The lowest BCUT2D eigenvalue weighted by Gasteiger charge is -2.06. The minimum atomic E-state index is -0.128. The Morgan fingerprint density at radius 3 is 2.91 bits per heavy atom. The summed E-state index contributed by atoms with van der Waals surface area (Å²) >= 11 is 0. The zero-order valence-corrected chi connectivity index (χ0v) is 11.9. The normalized spacial score (nSPS) is 10.4. The molecule has 0 saturated heterocycles. The molecule has 0 bridgehead atoms. The van der Waals surface area contributed by atoms with Crippen molar-refractivity contribution < 1.29 is 18.5 Å². The van der Waals surface area contributed by atoms with Crippen LogP contribution in [0.2, 0.25) is 0 Å². The van der Waals surface area contributed by atoms with Gasteiger partial charge in [-0.3, -0.25) is 4.79 Å². The van der Waals surface area contributed by atoms with Crippen molar-refractivity contribution in [3.63, 3.8) is 0 Å². The number of carbonyl (C=O) groups is 1. The summed E-state index contributed by atoms with van der Waals surface area (Å²) in [5, 5.41) is 6.63. The van der Waals surface area contributed by atoms with Gasteiger partial charge in [0.1, 0.15) is 18.1 Å². The van der Waals surface area contributed by atoms with Crippen molar-refractivity contribution >= 4 is 11.6 Å². The van der Waals surface area contributed by atoms with Gasteiger partial charge in [0.2, 0.25) is 11.7 Å². The van der Waals surface area contributed by atoms with Crippen molar-refractivity contribution in [1.82, 2.24) is 5.16 Å². The fraction of sp³-hybridized carbons (Fsp3) is 0.125. The van der Waals surface area contributed by atoms with E-state index in [1.807, 2.05) is 0 Å². The summed E-state index contributed by atoms with van der Waals surface area (Å²) in [7, 11) is 0. The number of hydrogen-bond donors (Lipinski definition) is 1. The number of amides is 1. The highest BCUT2D eigenvalue weighted by Gasteiger charge is 2.09. The highest BCUT2D eigenvalue weighted by Crippen LogP contribution is 2.22. The molecule has 0 aliphatic rings. The van der Waals surface area contributed by atoms with Crippen molar-refractivity contribution in [1.29, 1.82) is 0 Å². The van der Waals surface area contributed by atoms with Gasteiger partial charge in [-0.1, -0.05) is 11.2 Å². The van der Waals surface area contributed by atoms with E-state index in [0.717, 1.165) is 0 Å². The number of benzene rings is 1. The number of aromatic nitrogens is 1. The Bertz CT molecular complexity index is 762. The maximum Gasteiger partial charge on any atom is 0.221 e. The second-order valence-electron chi connectivity index (χ2n) is 4.66. The van der Waals surface area contributed by atoms with E-state index in [1.165, 1.54) is 6.92 Å². The van der Waals surface area contributed by atoms with Crippen molar-refractivity contribution in [3.8, 4) is 17.3 Å². The SMILES string of the molecule is CC(=O)Nc1cccc(OCc2cc(-c3ccco3)on2)c1. The molecule has 0 fully saturated rings. The molecule has 6 nitrogen and oxygen atoms in total. The summed E-state index contributed by atoms with van der Waals surface area (Å²) in [4.78, 5) is 11.0. The smallest absolute Gasteiger partial charge is 0.221 e. The summed E-state index contributed by atoms with van der Waals surface area (Å²) in [5.74, 6) is 1.67. The van der Waals surface area contributed by atoms with Crippen LogP contribution in [0.3, 0.4) is 0 Å². The number of furan rings is 1. The fourth-order valence-electron chi connectivity index (χ4n) is 1.94. The molecule has 112 valence electrons. The van der Waals surface area contributed by atoms with E-state index in [2.05, 4.69) is 10.5 Å². The Morgan fingerprint density at radius 2 is 2.14 bits per heavy atom. The van der Waals surface area contributed by atoms with Crippen LogP contribution in [-0.2, 0) is 11.4 Å². The van der Waals surface area contributed by atoms with Gasteiger partial charge in [-0.25, -0.2) is 0 Å². The molecule has 0 atom stereocenters. The van der Waals surface area contributed by atoms with Gasteiger partial charge in [-0.15, -0.1) is 0 Å². The molecule has 3 rings (SSSR count). The van der Waals surface area contributed by atoms with Crippen LogP contribution in [0.15, 0.2) is 57.7 Å². The number of hydrogen-bond acceptors (Lipinski definition) is 5. The molecule has 2 heterocycles. The van der Waals surface area contributed by atoms with Crippen LogP contribution >= 0.6 is 0 Å². The Hall–Kier alpha value is -3.02. The first kappa shape index (κ1) is 13.9. The maximum absolute atomic E-state index is 11.0. The Balaban J connectivity index is 1.64. The zero-order chi connectivity index (χ0) is 15.4. The van der Waals surface area contributed by atoms with Crippen LogP contribution in [0.25, 0.3) is 11.5 Å². The van der Waals surface area contributed by atoms with Gasteiger partial charge in [0, 0.05) is 24.7 Å². The molecule has 2 aromatic heterocycles. The summed E-state index contributed by atoms with van der Waals surface area (Å²) in [6.07, 6.45) is 1.57. The third kappa shape index (κ3) is 3.35. The number of ether oxygens (including phenoxy) is 1. The average Bonchev–Trinajstić information content (AvgIpc) is 3.16. The van der Waals surface area contributed by atoms with Gasteiger partial charge in [-0.2, -0.15) is 0 Å². The van der Waals surface area contributed by atoms with Gasteiger partial charge < -0.3 is 19.0 Å². The van der Waals surface area contributed by atoms with Crippen molar-refractivity contribution in [2.75, 3.05) is 5.32 Å². The molecule has 0 saturated carbocycles. The first-order chi connectivity index (χ1) is 10.7. The summed E-state index contributed by atoms with van der Waals surface area (Å²) < 4.78 is 16.1. The highest BCUT2D eigenvalue weighted by molar-refractivity contribution is 5.88. The molecular formula is C16H14N2O4. The fourth-order valence-corrected chi connectivity index (χ4v) is 1.94. The largest absolute Gasteiger partial charge is 0.487 e. The van der Waals surface area contributed by atoms with Crippen LogP contribution < -0.4 is 10.1 Å². The van der Waals surface area contributed by atoms with Crippen molar-refractivity contribution in [2.45, 2.75) is 13.5 Å². The second-order valence-corrected chi connectivity index (χ2v) is 4.66. The van der Waals surface area contributed by atoms with Crippen LogP contribution in [0.4, 0.5) is 5.69 Å². The molecule has 1 aromatic carbocycles. The van der Waals surface area contributed by atoms with E-state index in [-0.39, 0.29) is 12.5 Å². The van der Waals surface area contributed by atoms with E-state index in [4.69, 9.17) is 13.7 Å². The third-order valence-corrected chi connectivity index (χ3v) is 2.86. The van der Waals surface area contributed by atoms with Gasteiger partial charge in [0.25, 0.3) is 0 Å². The van der Waals surface area contributed by atoms with Crippen LogP contribution in [0.5, 0.6) is 5.75 Å². The molecule has 22 heavy (non-hydrogen) atoms. The van der Waals surface area contributed by atoms with Gasteiger partial charge in [0.05, 0.1) is 6.26 Å². The van der Waals surface area contributed by atoms with Crippen molar-refractivity contribution in [3.05, 3.63) is 54.4 Å². The topological polar surface area (TPSA) is 77.5 Å². The Labute approximate surface area is 126 Å². The monoisotopic (exact) mass is 298 g/mol. The molecule has 0 radical (unpaired) electrons. The molecule has 3 aromatic rings. The first-order valence-electron chi connectivity index (χ1n) is 6.70. The lowest BCUT2D eigenvalue weighted by Crippen LogP contribution is -2.05. The van der Waals surface area contributed by atoms with Crippen molar-refractivity contribution in [2.24, 2.45) is 0 Å².